The Morgan fingerprint density at radius 2 is 2.07 bits per heavy atom. The van der Waals surface area contributed by atoms with Crippen LogP contribution in [0.2, 0.25) is 0 Å². The number of likely N-dealkylation sites (N-methyl/N-ethyl adjacent to an activating group) is 2. The number of nitrogens with zero attached hydrogens (tertiary/aromatic N) is 7. The number of benzene rings is 1. The molecule has 3 aliphatic rings. The lowest BCUT2D eigenvalue weighted by atomic mass is 9.68. The number of hydrogen-bond acceptors (Lipinski definition) is 10. The zero-order chi connectivity index (χ0) is 30.5. The molecule has 1 spiro atoms. The highest BCUT2D eigenvalue weighted by Gasteiger charge is 2.47. The van der Waals surface area contributed by atoms with E-state index in [0.29, 0.717) is 60.6 Å². The van der Waals surface area contributed by atoms with Crippen LogP contribution in [0.5, 0.6) is 6.01 Å². The minimum Gasteiger partial charge on any atom is -0.462 e. The van der Waals surface area contributed by atoms with Crippen LogP contribution in [0.25, 0.3) is 0 Å². The molecule has 6 rings (SSSR count). The minimum atomic E-state index is -0.631. The van der Waals surface area contributed by atoms with E-state index in [2.05, 4.69) is 39.7 Å². The summed E-state index contributed by atoms with van der Waals surface area (Å²) in [6.45, 7) is 4.13. The number of anilines is 3. The molecule has 1 fully saturated rings. The Balaban J connectivity index is 1.46. The van der Waals surface area contributed by atoms with Crippen molar-refractivity contribution in [2.24, 2.45) is 0 Å². The molecule has 2 aliphatic heterocycles. The van der Waals surface area contributed by atoms with E-state index >= 15 is 4.39 Å². The second-order valence-electron chi connectivity index (χ2n) is 12.3. The monoisotopic (exact) mass is 585 g/mol. The molecule has 4 heterocycles. The molecular formula is C32H40FN9O. The summed E-state index contributed by atoms with van der Waals surface area (Å²) in [7, 11) is 6.15. The summed E-state index contributed by atoms with van der Waals surface area (Å²) in [6, 6.07) is 7.95. The molecule has 43 heavy (non-hydrogen) atoms. The minimum absolute atomic E-state index is 0.128. The fraction of sp³-hybridized carbons (Fsp3) is 0.500. The van der Waals surface area contributed by atoms with E-state index in [0.717, 1.165) is 54.9 Å². The van der Waals surface area contributed by atoms with Crippen LogP contribution in [-0.4, -0.2) is 65.1 Å². The molecule has 10 nitrogen and oxygen atoms in total. The van der Waals surface area contributed by atoms with Gasteiger partial charge in [-0.25, -0.2) is 9.37 Å². The van der Waals surface area contributed by atoms with Crippen LogP contribution in [0.1, 0.15) is 72.2 Å². The summed E-state index contributed by atoms with van der Waals surface area (Å²) >= 11 is 0. The molecule has 4 N–H and O–H groups in total. The standard InChI is InChI=1S/C32H40FN9O/c1-19(21-10-6-12-37-29(21)36)42(4)30-24-17-41(3)32(11-5-9-22-25(33)14-26(35)23(16-34)28(22)32)15-27(24)38-31(39-30)43-18-20-8-7-13-40(20)2/h6,10,12,14,19-20H,5,7-9,11,13,15,17-18,35H2,1-4H3,(H2,36,37)/t19-,20+,32+/m1/s1. The quantitative estimate of drug-likeness (QED) is 0.410. The predicted molar refractivity (Wildman–Crippen MR) is 164 cm³/mol. The molecule has 1 saturated heterocycles. The Bertz CT molecular complexity index is 1590. The van der Waals surface area contributed by atoms with Crippen LogP contribution in [-0.2, 0) is 24.9 Å². The van der Waals surface area contributed by atoms with Crippen molar-refractivity contribution >= 4 is 17.3 Å². The molecule has 226 valence electrons. The van der Waals surface area contributed by atoms with Gasteiger partial charge in [0.25, 0.3) is 0 Å². The third-order valence-electron chi connectivity index (χ3n) is 9.95. The lowest BCUT2D eigenvalue weighted by molar-refractivity contribution is 0.0713. The third-order valence-corrected chi connectivity index (χ3v) is 9.95. The fourth-order valence-electron chi connectivity index (χ4n) is 7.33. The normalized spacial score (nSPS) is 22.6. The molecule has 1 aromatic carbocycles. The van der Waals surface area contributed by atoms with Gasteiger partial charge in [0.1, 0.15) is 30.1 Å². The largest absolute Gasteiger partial charge is 0.462 e. The molecule has 1 aliphatic carbocycles. The summed E-state index contributed by atoms with van der Waals surface area (Å²) in [5.41, 5.74) is 16.4. The van der Waals surface area contributed by atoms with E-state index in [9.17, 15) is 5.26 Å². The zero-order valence-electron chi connectivity index (χ0n) is 25.4. The van der Waals surface area contributed by atoms with Crippen molar-refractivity contribution < 1.29 is 9.13 Å². The smallest absolute Gasteiger partial charge is 0.318 e. The topological polar surface area (TPSA) is 133 Å². The number of fused-ring (bicyclic) bond motifs is 3. The molecule has 0 saturated carbocycles. The van der Waals surface area contributed by atoms with Gasteiger partial charge in [0.2, 0.25) is 0 Å². The van der Waals surface area contributed by atoms with E-state index in [1.807, 2.05) is 26.2 Å². The Kier molecular flexibility index (Phi) is 7.60. The van der Waals surface area contributed by atoms with Crippen LogP contribution in [0, 0.1) is 17.1 Å². The number of ether oxygens (including phenoxy) is 1. The van der Waals surface area contributed by atoms with Crippen molar-refractivity contribution in [2.45, 2.75) is 69.6 Å². The lowest BCUT2D eigenvalue weighted by Crippen LogP contribution is -2.51. The Labute approximate surface area is 252 Å². The molecule has 0 amide bonds. The maximum atomic E-state index is 15.3. The Morgan fingerprint density at radius 1 is 1.26 bits per heavy atom. The number of nitrogens with two attached hydrogens (primary N) is 2. The summed E-state index contributed by atoms with van der Waals surface area (Å²) in [5, 5.41) is 10.2. The van der Waals surface area contributed by atoms with E-state index < -0.39 is 5.54 Å². The first-order chi connectivity index (χ1) is 20.6. The van der Waals surface area contributed by atoms with E-state index in [1.165, 1.54) is 6.07 Å². The number of pyridine rings is 1. The number of nitriles is 1. The first kappa shape index (κ1) is 29.1. The maximum Gasteiger partial charge on any atom is 0.318 e. The lowest BCUT2D eigenvalue weighted by Gasteiger charge is -2.50. The van der Waals surface area contributed by atoms with Gasteiger partial charge in [-0.05, 0) is 82.9 Å². The molecule has 3 atom stereocenters. The summed E-state index contributed by atoms with van der Waals surface area (Å²) in [6.07, 6.45) is 6.51. The molecule has 0 bridgehead atoms. The van der Waals surface area contributed by atoms with Gasteiger partial charge in [-0.2, -0.15) is 15.2 Å². The van der Waals surface area contributed by atoms with E-state index in [-0.39, 0.29) is 17.5 Å². The molecule has 2 aromatic heterocycles. The van der Waals surface area contributed by atoms with Crippen LogP contribution in [0.4, 0.5) is 21.7 Å². The maximum absolute atomic E-state index is 15.3. The van der Waals surface area contributed by atoms with Gasteiger partial charge < -0.3 is 26.0 Å². The van der Waals surface area contributed by atoms with Gasteiger partial charge in [-0.1, -0.05) is 6.07 Å². The highest BCUT2D eigenvalue weighted by atomic mass is 19.1. The van der Waals surface area contributed by atoms with Crippen molar-refractivity contribution in [1.29, 1.82) is 5.26 Å². The number of nitrogen functional groups attached to an aromatic ring is 2. The van der Waals surface area contributed by atoms with E-state index in [4.69, 9.17) is 26.2 Å². The summed E-state index contributed by atoms with van der Waals surface area (Å²) in [4.78, 5) is 20.9. The highest BCUT2D eigenvalue weighted by molar-refractivity contribution is 5.64. The third kappa shape index (κ3) is 4.92. The number of halogens is 1. The van der Waals surface area contributed by atoms with Crippen molar-refractivity contribution in [3.63, 3.8) is 0 Å². The van der Waals surface area contributed by atoms with Crippen molar-refractivity contribution in [3.05, 3.63) is 63.7 Å². The number of hydrogen-bond donors (Lipinski definition) is 2. The molecule has 0 radical (unpaired) electrons. The van der Waals surface area contributed by atoms with Gasteiger partial charge in [0.05, 0.1) is 28.5 Å². The molecule has 11 heteroatoms. The number of aromatic nitrogens is 3. The second kappa shape index (κ2) is 11.2. The summed E-state index contributed by atoms with van der Waals surface area (Å²) in [5.74, 6) is 0.886. The molecule has 3 aromatic rings. The van der Waals surface area contributed by atoms with Gasteiger partial charge in [0.15, 0.2) is 0 Å². The van der Waals surface area contributed by atoms with Crippen molar-refractivity contribution in [3.8, 4) is 12.1 Å². The highest BCUT2D eigenvalue weighted by Crippen LogP contribution is 2.50. The van der Waals surface area contributed by atoms with Gasteiger partial charge in [-0.3, -0.25) is 4.90 Å². The van der Waals surface area contributed by atoms with Crippen molar-refractivity contribution in [1.82, 2.24) is 24.8 Å². The number of rotatable bonds is 6. The first-order valence-corrected chi connectivity index (χ1v) is 15.0. The average Bonchev–Trinajstić information content (AvgIpc) is 3.41. The van der Waals surface area contributed by atoms with Gasteiger partial charge in [0, 0.05) is 43.4 Å². The van der Waals surface area contributed by atoms with Crippen LogP contribution in [0.3, 0.4) is 0 Å². The SMILES string of the molecule is C[C@H](c1cccnc1N)N(C)c1nc(OC[C@@H]2CCCN2C)nc2c1CN(C)[C@@]1(CCCc3c(F)cc(N)c(C#N)c31)C2. The Hall–Kier alpha value is -4.01. The van der Waals surface area contributed by atoms with Gasteiger partial charge in [-0.15, -0.1) is 0 Å². The Morgan fingerprint density at radius 3 is 2.79 bits per heavy atom. The molecular weight excluding hydrogens is 545 g/mol. The van der Waals surface area contributed by atoms with Crippen LogP contribution in [0.15, 0.2) is 24.4 Å². The van der Waals surface area contributed by atoms with Gasteiger partial charge >= 0.3 is 6.01 Å². The average molecular weight is 586 g/mol. The summed E-state index contributed by atoms with van der Waals surface area (Å²) < 4.78 is 21.6. The van der Waals surface area contributed by atoms with Crippen LogP contribution < -0.4 is 21.1 Å². The zero-order valence-corrected chi connectivity index (χ0v) is 25.4. The predicted octanol–water partition coefficient (Wildman–Crippen LogP) is 3.94. The van der Waals surface area contributed by atoms with E-state index in [1.54, 1.807) is 6.20 Å². The van der Waals surface area contributed by atoms with Crippen LogP contribution >= 0.6 is 0 Å². The molecule has 0 unspecified atom stereocenters. The number of likely N-dealkylation sites (tertiary alicyclic amines) is 1. The first-order valence-electron chi connectivity index (χ1n) is 15.0. The fourth-order valence-corrected chi connectivity index (χ4v) is 7.33. The van der Waals surface area contributed by atoms with Crippen molar-refractivity contribution in [2.75, 3.05) is 50.7 Å². The second-order valence-corrected chi connectivity index (χ2v) is 12.3.